The Balaban J connectivity index is 0.000000207. The first kappa shape index (κ1) is 34.9. The van der Waals surface area contributed by atoms with Gasteiger partial charge in [-0.15, -0.1) is 0 Å². The molecule has 0 aliphatic heterocycles. The average molecular weight is 659 g/mol. The average Bonchev–Trinajstić information content (AvgIpc) is 3.77. The van der Waals surface area contributed by atoms with E-state index in [4.69, 9.17) is 40.4 Å². The summed E-state index contributed by atoms with van der Waals surface area (Å²) in [7, 11) is 1.00. The molecule has 2 aromatic carbocycles. The Morgan fingerprint density at radius 2 is 0.896 bits per heavy atom. The number of nitrogen functional groups attached to an aromatic ring is 3. The van der Waals surface area contributed by atoms with E-state index in [1.807, 2.05) is 39.8 Å². The molecule has 0 bridgehead atoms. The maximum atomic E-state index is 11.5. The Kier molecular flexibility index (Phi) is 10.0. The van der Waals surface area contributed by atoms with E-state index in [0.717, 1.165) is 46.5 Å². The fraction of sp³-hybridized carbons (Fsp3) is 0.273. The van der Waals surface area contributed by atoms with Crippen molar-refractivity contribution >= 4 is 22.7 Å². The summed E-state index contributed by atoms with van der Waals surface area (Å²) in [6.07, 6.45) is 0. The van der Waals surface area contributed by atoms with Gasteiger partial charge in [0.25, 0.3) is 5.69 Å². The lowest BCUT2D eigenvalue weighted by molar-refractivity contribution is -0.383. The molecule has 6 aromatic rings. The van der Waals surface area contributed by atoms with Crippen LogP contribution in [0.2, 0.25) is 0 Å². The highest BCUT2D eigenvalue weighted by Gasteiger charge is 2.25. The zero-order chi connectivity index (χ0) is 35.6. The van der Waals surface area contributed by atoms with Crippen LogP contribution in [-0.4, -0.2) is 37.8 Å². The molecule has 7 N–H and O–H groups in total. The second-order valence-electron chi connectivity index (χ2n) is 11.0. The number of nitrogens with two attached hydrogens (primary N) is 3. The monoisotopic (exact) mass is 658 g/mol. The third-order valence-corrected chi connectivity index (χ3v) is 7.82. The van der Waals surface area contributed by atoms with Gasteiger partial charge in [0, 0.05) is 46.6 Å². The highest BCUT2D eigenvalue weighted by molar-refractivity contribution is 5.92. The molecule has 15 nitrogen and oxygen atoms in total. The van der Waals surface area contributed by atoms with Crippen molar-refractivity contribution in [3.8, 4) is 44.5 Å². The van der Waals surface area contributed by atoms with Crippen molar-refractivity contribution in [1.29, 1.82) is 0 Å². The quantitative estimate of drug-likeness (QED) is 0.0852. The first-order valence-corrected chi connectivity index (χ1v) is 14.7. The number of aliphatic hydroxyl groups is 1. The first-order valence-electron chi connectivity index (χ1n) is 14.7. The predicted octanol–water partition coefficient (Wildman–Crippen LogP) is 6.72. The highest BCUT2D eigenvalue weighted by Crippen LogP contribution is 2.42. The van der Waals surface area contributed by atoms with Crippen LogP contribution in [0.3, 0.4) is 0 Å². The van der Waals surface area contributed by atoms with Gasteiger partial charge in [-0.1, -0.05) is 20.6 Å². The summed E-state index contributed by atoms with van der Waals surface area (Å²) in [5, 5.41) is 34.2. The Hall–Kier alpha value is -5.96. The molecule has 4 heterocycles. The van der Waals surface area contributed by atoms with E-state index in [-0.39, 0.29) is 11.4 Å². The number of aryl methyl sites for hydroxylation is 8. The Labute approximate surface area is 275 Å². The van der Waals surface area contributed by atoms with E-state index < -0.39 is 4.92 Å². The molecule has 0 spiro atoms. The van der Waals surface area contributed by atoms with E-state index >= 15 is 0 Å². The number of nitro groups is 1. The van der Waals surface area contributed by atoms with Crippen LogP contribution in [0, 0.1) is 65.5 Å². The van der Waals surface area contributed by atoms with Crippen molar-refractivity contribution in [3.63, 3.8) is 0 Å². The van der Waals surface area contributed by atoms with Crippen molar-refractivity contribution in [2.45, 2.75) is 55.4 Å². The summed E-state index contributed by atoms with van der Waals surface area (Å²) in [6.45, 7) is 14.5. The molecule has 0 fully saturated rings. The van der Waals surface area contributed by atoms with Gasteiger partial charge < -0.3 is 40.4 Å². The van der Waals surface area contributed by atoms with E-state index in [0.29, 0.717) is 62.3 Å². The fourth-order valence-corrected chi connectivity index (χ4v) is 5.69. The third-order valence-electron chi connectivity index (χ3n) is 7.82. The van der Waals surface area contributed by atoms with Crippen LogP contribution >= 0.6 is 0 Å². The van der Waals surface area contributed by atoms with Crippen LogP contribution in [0.25, 0.3) is 44.5 Å². The van der Waals surface area contributed by atoms with Gasteiger partial charge in [-0.3, -0.25) is 10.1 Å². The molecular formula is C33H38N8O7. The Morgan fingerprint density at radius 3 is 1.23 bits per heavy atom. The standard InChI is InChI=1S/C16H16N4O4.C16H18N4O2.CH4O/c1-7-14(9(3)23-18-7)11-5-12(15-8(2)19-24-10(15)4)16(17)13(6-11)20(21)22;1-7-14(9(3)21-19-7)11-5-12(16(18)13(17)6-11)15-8(2)20-22-10(15)4;1-2/h5-6H,17H2,1-4H3;5-6H,17-18H2,1-4H3;2H,1H3. The molecule has 0 atom stereocenters. The maximum absolute atomic E-state index is 11.5. The zero-order valence-corrected chi connectivity index (χ0v) is 28.2. The Morgan fingerprint density at radius 1 is 0.562 bits per heavy atom. The molecule has 48 heavy (non-hydrogen) atoms. The van der Waals surface area contributed by atoms with E-state index in [1.54, 1.807) is 33.8 Å². The molecule has 0 amide bonds. The number of hydrogen-bond donors (Lipinski definition) is 4. The third kappa shape index (κ3) is 6.35. The lowest BCUT2D eigenvalue weighted by Gasteiger charge is -2.11. The summed E-state index contributed by atoms with van der Waals surface area (Å²) < 4.78 is 20.8. The summed E-state index contributed by atoms with van der Waals surface area (Å²) in [6, 6.07) is 7.03. The van der Waals surface area contributed by atoms with Gasteiger partial charge >= 0.3 is 0 Å². The van der Waals surface area contributed by atoms with E-state index in [9.17, 15) is 10.1 Å². The number of aliphatic hydroxyl groups excluding tert-OH is 1. The number of nitrogens with zero attached hydrogens (tertiary/aromatic N) is 5. The molecule has 0 saturated carbocycles. The zero-order valence-electron chi connectivity index (χ0n) is 28.2. The van der Waals surface area contributed by atoms with Gasteiger partial charge in [-0.2, -0.15) is 0 Å². The molecule has 252 valence electrons. The largest absolute Gasteiger partial charge is 0.400 e. The topological polar surface area (TPSA) is 246 Å². The van der Waals surface area contributed by atoms with Crippen LogP contribution < -0.4 is 17.2 Å². The summed E-state index contributed by atoms with van der Waals surface area (Å²) >= 11 is 0. The van der Waals surface area contributed by atoms with E-state index in [1.165, 1.54) is 6.07 Å². The van der Waals surface area contributed by atoms with Gasteiger partial charge in [0.2, 0.25) is 0 Å². The molecule has 4 aromatic heterocycles. The predicted molar refractivity (Wildman–Crippen MR) is 181 cm³/mol. The number of aromatic nitrogens is 4. The number of hydrogen-bond acceptors (Lipinski definition) is 14. The maximum Gasteiger partial charge on any atom is 0.293 e. The molecule has 0 radical (unpaired) electrons. The van der Waals surface area contributed by atoms with Gasteiger partial charge in [0.05, 0.1) is 39.1 Å². The number of benzene rings is 2. The minimum Gasteiger partial charge on any atom is -0.400 e. The van der Waals surface area contributed by atoms with E-state index in [2.05, 4.69) is 20.6 Å². The fourth-order valence-electron chi connectivity index (χ4n) is 5.69. The number of nitro benzene ring substituents is 1. The molecule has 0 aliphatic rings. The van der Waals surface area contributed by atoms with Crippen molar-refractivity contribution < 1.29 is 28.1 Å². The second-order valence-corrected chi connectivity index (χ2v) is 11.0. The molecule has 6 rings (SSSR count). The lowest BCUT2D eigenvalue weighted by atomic mass is 9.95. The van der Waals surface area contributed by atoms with Crippen molar-refractivity contribution in [1.82, 2.24) is 20.6 Å². The van der Waals surface area contributed by atoms with Gasteiger partial charge in [-0.25, -0.2) is 0 Å². The van der Waals surface area contributed by atoms with Crippen LogP contribution in [-0.2, 0) is 0 Å². The molecule has 0 aliphatic carbocycles. The number of rotatable bonds is 5. The van der Waals surface area contributed by atoms with Crippen molar-refractivity contribution in [2.75, 3.05) is 24.3 Å². The highest BCUT2D eigenvalue weighted by atomic mass is 16.6. The van der Waals surface area contributed by atoms with Gasteiger partial charge in [-0.05, 0) is 84.7 Å². The molecule has 0 unspecified atom stereocenters. The molecular weight excluding hydrogens is 620 g/mol. The normalized spacial score (nSPS) is 10.7. The summed E-state index contributed by atoms with van der Waals surface area (Å²) in [5.74, 6) is 2.58. The molecule has 0 saturated heterocycles. The van der Waals surface area contributed by atoms with Crippen LogP contribution in [0.4, 0.5) is 22.7 Å². The van der Waals surface area contributed by atoms with Crippen LogP contribution in [0.15, 0.2) is 42.4 Å². The van der Waals surface area contributed by atoms with Gasteiger partial charge in [0.15, 0.2) is 0 Å². The van der Waals surface area contributed by atoms with Crippen LogP contribution in [0.5, 0.6) is 0 Å². The second kappa shape index (κ2) is 13.8. The molecule has 15 heteroatoms. The Bertz CT molecular complexity index is 2040. The number of anilines is 3. The van der Waals surface area contributed by atoms with Gasteiger partial charge in [0.1, 0.15) is 28.7 Å². The van der Waals surface area contributed by atoms with Crippen LogP contribution in [0.1, 0.15) is 45.8 Å². The van der Waals surface area contributed by atoms with Crippen molar-refractivity contribution in [2.24, 2.45) is 0 Å². The smallest absolute Gasteiger partial charge is 0.293 e. The van der Waals surface area contributed by atoms with Crippen molar-refractivity contribution in [3.05, 3.63) is 80.2 Å². The minimum atomic E-state index is -0.501. The SMILES string of the molecule is CO.Cc1noc(C)c1-c1cc(-c2c(C)noc2C)c(N)c([N+](=O)[O-])c1.Cc1noc(C)c1-c1cc(N)c(N)c(-c2c(C)noc2C)c1. The summed E-state index contributed by atoms with van der Waals surface area (Å²) in [4.78, 5) is 11.0. The lowest BCUT2D eigenvalue weighted by Crippen LogP contribution is -2.00. The summed E-state index contributed by atoms with van der Waals surface area (Å²) in [5.41, 5.74) is 28.1. The minimum absolute atomic E-state index is 0.0740. The first-order chi connectivity index (χ1) is 22.7.